The van der Waals surface area contributed by atoms with Crippen LogP contribution in [0.25, 0.3) is 0 Å². The number of carbonyl (C=O) groups excluding carboxylic acids is 1. The van der Waals surface area contributed by atoms with Crippen LogP contribution in [0.3, 0.4) is 0 Å². The molecule has 2 aromatic rings. The molecule has 0 aromatic carbocycles. The molecular formula is C13H20N6O. The van der Waals surface area contributed by atoms with Gasteiger partial charge in [-0.2, -0.15) is 10.2 Å². The molecular weight excluding hydrogens is 256 g/mol. The molecule has 0 aliphatic rings. The molecule has 0 aliphatic carbocycles. The monoisotopic (exact) mass is 276 g/mol. The molecule has 0 atom stereocenters. The van der Waals surface area contributed by atoms with E-state index in [1.54, 1.807) is 10.9 Å². The minimum absolute atomic E-state index is 0.198. The predicted octanol–water partition coefficient (Wildman–Crippen LogP) is 1.13. The highest BCUT2D eigenvalue weighted by molar-refractivity contribution is 6.04. The maximum atomic E-state index is 12.2. The lowest BCUT2D eigenvalue weighted by Gasteiger charge is -2.05. The van der Waals surface area contributed by atoms with Gasteiger partial charge >= 0.3 is 0 Å². The summed E-state index contributed by atoms with van der Waals surface area (Å²) in [6.45, 7) is 7.02. The van der Waals surface area contributed by atoms with Crippen molar-refractivity contribution in [3.8, 4) is 0 Å². The highest BCUT2D eigenvalue weighted by Gasteiger charge is 2.16. The standard InChI is InChI=1S/C13H20N6O/c1-8-9(2)17-18-12(8)16-13(20)11-7-15-19(10(11)3)6-4-5-14/h7H,4-6,14H2,1-3H3,(H2,16,17,18,20). The molecule has 4 N–H and O–H groups in total. The molecule has 0 unspecified atom stereocenters. The highest BCUT2D eigenvalue weighted by atomic mass is 16.1. The van der Waals surface area contributed by atoms with Crippen LogP contribution in [0.1, 0.15) is 33.7 Å². The van der Waals surface area contributed by atoms with Crippen LogP contribution in [0.2, 0.25) is 0 Å². The van der Waals surface area contributed by atoms with Crippen LogP contribution in [-0.2, 0) is 6.54 Å². The average molecular weight is 276 g/mol. The Morgan fingerprint density at radius 1 is 1.45 bits per heavy atom. The maximum absolute atomic E-state index is 12.2. The first-order valence-electron chi connectivity index (χ1n) is 6.60. The molecule has 2 aromatic heterocycles. The van der Waals surface area contributed by atoms with Crippen molar-refractivity contribution in [2.45, 2.75) is 33.7 Å². The third-order valence-electron chi connectivity index (χ3n) is 3.41. The molecule has 0 saturated carbocycles. The summed E-state index contributed by atoms with van der Waals surface area (Å²) in [4.78, 5) is 12.2. The first kappa shape index (κ1) is 14.3. The second-order valence-corrected chi connectivity index (χ2v) is 4.79. The number of hydrogen-bond donors (Lipinski definition) is 3. The van der Waals surface area contributed by atoms with Crippen LogP contribution in [0.5, 0.6) is 0 Å². The Balaban J connectivity index is 2.13. The Morgan fingerprint density at radius 3 is 2.80 bits per heavy atom. The van der Waals surface area contributed by atoms with Crippen LogP contribution in [0.15, 0.2) is 6.20 Å². The second-order valence-electron chi connectivity index (χ2n) is 4.79. The Hall–Kier alpha value is -2.15. The fraction of sp³-hybridized carbons (Fsp3) is 0.462. The van der Waals surface area contributed by atoms with Gasteiger partial charge in [-0.15, -0.1) is 0 Å². The smallest absolute Gasteiger partial charge is 0.260 e. The van der Waals surface area contributed by atoms with E-state index in [1.807, 2.05) is 20.8 Å². The average Bonchev–Trinajstić information content (AvgIpc) is 2.94. The van der Waals surface area contributed by atoms with Crippen molar-refractivity contribution in [3.05, 3.63) is 28.7 Å². The highest BCUT2D eigenvalue weighted by Crippen LogP contribution is 2.16. The Labute approximate surface area is 117 Å². The number of hydrogen-bond acceptors (Lipinski definition) is 4. The van der Waals surface area contributed by atoms with Crippen molar-refractivity contribution in [2.75, 3.05) is 11.9 Å². The summed E-state index contributed by atoms with van der Waals surface area (Å²) in [6, 6.07) is 0. The zero-order valence-electron chi connectivity index (χ0n) is 12.0. The van der Waals surface area contributed by atoms with Gasteiger partial charge in [-0.1, -0.05) is 0 Å². The third-order valence-corrected chi connectivity index (χ3v) is 3.41. The number of nitrogens with one attached hydrogen (secondary N) is 2. The van der Waals surface area contributed by atoms with Gasteiger partial charge in [-0.05, 0) is 33.7 Å². The minimum Gasteiger partial charge on any atom is -0.330 e. The van der Waals surface area contributed by atoms with E-state index in [0.717, 1.165) is 29.9 Å². The van der Waals surface area contributed by atoms with Crippen LogP contribution < -0.4 is 11.1 Å². The maximum Gasteiger partial charge on any atom is 0.260 e. The van der Waals surface area contributed by atoms with Gasteiger partial charge in [0.25, 0.3) is 5.91 Å². The van der Waals surface area contributed by atoms with Gasteiger partial charge < -0.3 is 11.1 Å². The zero-order valence-corrected chi connectivity index (χ0v) is 12.0. The van der Waals surface area contributed by atoms with E-state index in [-0.39, 0.29) is 5.91 Å². The van der Waals surface area contributed by atoms with Crippen molar-refractivity contribution >= 4 is 11.7 Å². The summed E-state index contributed by atoms with van der Waals surface area (Å²) in [5.74, 6) is 0.359. The van der Waals surface area contributed by atoms with Gasteiger partial charge in [0.2, 0.25) is 0 Å². The second kappa shape index (κ2) is 5.87. The first-order valence-corrected chi connectivity index (χ1v) is 6.60. The van der Waals surface area contributed by atoms with Crippen molar-refractivity contribution < 1.29 is 4.79 Å². The lowest BCUT2D eigenvalue weighted by Crippen LogP contribution is -2.15. The van der Waals surface area contributed by atoms with Crippen LogP contribution in [0.4, 0.5) is 5.82 Å². The SMILES string of the molecule is Cc1[nH]nc(NC(=O)c2cnn(CCCN)c2C)c1C. The van der Waals surface area contributed by atoms with Crippen molar-refractivity contribution in [3.63, 3.8) is 0 Å². The van der Waals surface area contributed by atoms with E-state index >= 15 is 0 Å². The van der Waals surface area contributed by atoms with Gasteiger partial charge in [0.1, 0.15) is 0 Å². The molecule has 7 nitrogen and oxygen atoms in total. The number of anilines is 1. The van der Waals surface area contributed by atoms with Gasteiger partial charge in [0.15, 0.2) is 5.82 Å². The van der Waals surface area contributed by atoms with Crippen LogP contribution >= 0.6 is 0 Å². The van der Waals surface area contributed by atoms with Gasteiger partial charge in [-0.25, -0.2) is 0 Å². The van der Waals surface area contributed by atoms with E-state index in [9.17, 15) is 4.79 Å². The van der Waals surface area contributed by atoms with E-state index in [1.165, 1.54) is 0 Å². The molecule has 0 saturated heterocycles. The molecule has 7 heteroatoms. The Bertz CT molecular complexity index is 612. The van der Waals surface area contributed by atoms with Gasteiger partial charge in [-0.3, -0.25) is 14.6 Å². The summed E-state index contributed by atoms with van der Waals surface area (Å²) < 4.78 is 1.80. The molecule has 0 bridgehead atoms. The van der Waals surface area contributed by atoms with Crippen LogP contribution in [-0.4, -0.2) is 32.4 Å². The fourth-order valence-electron chi connectivity index (χ4n) is 1.92. The number of carbonyl (C=O) groups is 1. The Kier molecular flexibility index (Phi) is 4.19. The number of nitrogens with zero attached hydrogens (tertiary/aromatic N) is 3. The van der Waals surface area contributed by atoms with E-state index in [4.69, 9.17) is 5.73 Å². The molecule has 108 valence electrons. The van der Waals surface area contributed by atoms with Gasteiger partial charge in [0, 0.05) is 23.5 Å². The van der Waals surface area contributed by atoms with E-state index in [2.05, 4.69) is 20.6 Å². The molecule has 1 amide bonds. The molecule has 0 radical (unpaired) electrons. The first-order chi connectivity index (χ1) is 9.54. The molecule has 2 heterocycles. The summed E-state index contributed by atoms with van der Waals surface area (Å²) in [6.07, 6.45) is 2.41. The number of rotatable bonds is 5. The topological polar surface area (TPSA) is 102 Å². The summed E-state index contributed by atoms with van der Waals surface area (Å²) in [7, 11) is 0. The summed E-state index contributed by atoms with van der Waals surface area (Å²) in [5.41, 5.74) is 8.75. The van der Waals surface area contributed by atoms with Crippen LogP contribution in [0, 0.1) is 20.8 Å². The van der Waals surface area contributed by atoms with E-state index < -0.39 is 0 Å². The van der Waals surface area contributed by atoms with E-state index in [0.29, 0.717) is 17.9 Å². The predicted molar refractivity (Wildman–Crippen MR) is 76.7 cm³/mol. The molecule has 20 heavy (non-hydrogen) atoms. The zero-order chi connectivity index (χ0) is 14.7. The molecule has 0 spiro atoms. The number of H-pyrrole nitrogens is 1. The quantitative estimate of drug-likeness (QED) is 0.762. The summed E-state index contributed by atoms with van der Waals surface area (Å²) in [5, 5.41) is 13.9. The lowest BCUT2D eigenvalue weighted by molar-refractivity contribution is 0.102. The van der Waals surface area contributed by atoms with Gasteiger partial charge in [0.05, 0.1) is 11.8 Å². The largest absolute Gasteiger partial charge is 0.330 e. The van der Waals surface area contributed by atoms with Crippen molar-refractivity contribution in [1.29, 1.82) is 0 Å². The fourth-order valence-corrected chi connectivity index (χ4v) is 1.92. The number of aryl methyl sites for hydroxylation is 2. The number of nitrogens with two attached hydrogens (primary N) is 1. The normalized spacial score (nSPS) is 10.8. The number of amides is 1. The van der Waals surface area contributed by atoms with Crippen molar-refractivity contribution in [2.24, 2.45) is 5.73 Å². The minimum atomic E-state index is -0.198. The molecule has 0 fully saturated rings. The Morgan fingerprint density at radius 2 is 2.20 bits per heavy atom. The number of aromatic nitrogens is 4. The van der Waals surface area contributed by atoms with Crippen molar-refractivity contribution in [1.82, 2.24) is 20.0 Å². The lowest BCUT2D eigenvalue weighted by atomic mass is 10.2. The third kappa shape index (κ3) is 2.72. The summed E-state index contributed by atoms with van der Waals surface area (Å²) >= 11 is 0. The molecule has 2 rings (SSSR count). The molecule has 0 aliphatic heterocycles. The number of aromatic amines is 1.